The van der Waals surface area contributed by atoms with Gasteiger partial charge in [0.25, 0.3) is 0 Å². The third-order valence-electron chi connectivity index (χ3n) is 11.0. The number of rotatable bonds is 7. The van der Waals surface area contributed by atoms with Gasteiger partial charge < -0.3 is 14.2 Å². The molecule has 0 unspecified atom stereocenters. The van der Waals surface area contributed by atoms with Crippen molar-refractivity contribution in [2.24, 2.45) is 46.3 Å². The van der Waals surface area contributed by atoms with Crippen LogP contribution >= 0.6 is 15.9 Å². The second-order valence-electron chi connectivity index (χ2n) is 12.9. The van der Waals surface area contributed by atoms with E-state index in [1.54, 1.807) is 0 Å². The number of Topliss-reactive ketones (excluding diaryl/α,β-unsaturated/α-hetero) is 1. The first-order valence-electron chi connectivity index (χ1n) is 14.5. The Morgan fingerprint density at radius 1 is 1.00 bits per heavy atom. The molecule has 7 nitrogen and oxygen atoms in total. The zero-order valence-electron chi connectivity index (χ0n) is 23.8. The van der Waals surface area contributed by atoms with E-state index in [4.69, 9.17) is 14.2 Å². The van der Waals surface area contributed by atoms with Crippen LogP contribution in [-0.2, 0) is 33.4 Å². The van der Waals surface area contributed by atoms with Crippen molar-refractivity contribution in [2.45, 2.75) is 110 Å². The summed E-state index contributed by atoms with van der Waals surface area (Å²) >= 11 is 3.83. The Labute approximate surface area is 235 Å². The van der Waals surface area contributed by atoms with Crippen LogP contribution in [0.15, 0.2) is 0 Å². The molecule has 0 amide bonds. The Kier molecular flexibility index (Phi) is 8.71. The molecule has 0 aromatic rings. The fraction of sp³-hybridized carbons (Fsp3) is 0.867. The molecule has 4 fully saturated rings. The van der Waals surface area contributed by atoms with E-state index in [2.05, 4.69) is 36.7 Å². The highest BCUT2D eigenvalue weighted by molar-refractivity contribution is 9.10. The first-order chi connectivity index (χ1) is 17.8. The lowest BCUT2D eigenvalue weighted by Gasteiger charge is -2.63. The minimum Gasteiger partial charge on any atom is -0.466 e. The van der Waals surface area contributed by atoms with Crippen molar-refractivity contribution in [3.05, 3.63) is 0 Å². The van der Waals surface area contributed by atoms with Crippen molar-refractivity contribution in [3.63, 3.8) is 0 Å². The molecule has 0 bridgehead atoms. The number of hydrogen-bond donors (Lipinski definition) is 0. The molecule has 0 spiro atoms. The molecule has 0 aromatic heterocycles. The summed E-state index contributed by atoms with van der Waals surface area (Å²) in [5.41, 5.74) is -0.446. The zero-order chi connectivity index (χ0) is 28.0. The number of carbonyl (C=O) groups excluding carboxylic acids is 4. The van der Waals surface area contributed by atoms with Gasteiger partial charge >= 0.3 is 17.9 Å². The Morgan fingerprint density at radius 2 is 1.68 bits per heavy atom. The lowest BCUT2D eigenvalue weighted by atomic mass is 9.43. The SMILES string of the molecule is CCOC(=O)CC[C@H](C)[C@H]1CC[C@@H]2[C@@H]3C(=O)[C@H](Br)[C@@H]4C[C@H](OC(C)=O)CC[C@]4(C)[C@H]3C[C@H](OC(C)=O)[C@@]21C. The summed E-state index contributed by atoms with van der Waals surface area (Å²) in [6, 6.07) is 0. The van der Waals surface area contributed by atoms with Gasteiger partial charge in [-0.2, -0.15) is 0 Å². The van der Waals surface area contributed by atoms with Gasteiger partial charge in [-0.3, -0.25) is 19.2 Å². The maximum absolute atomic E-state index is 14.1. The monoisotopic (exact) mass is 596 g/mol. The van der Waals surface area contributed by atoms with Crippen LogP contribution in [0.3, 0.4) is 0 Å². The quantitative estimate of drug-likeness (QED) is 0.213. The highest BCUT2D eigenvalue weighted by Crippen LogP contribution is 2.68. The molecule has 4 saturated carbocycles. The number of halogens is 1. The van der Waals surface area contributed by atoms with E-state index in [1.165, 1.54) is 13.8 Å². The average Bonchev–Trinajstić information content (AvgIpc) is 3.20. The van der Waals surface area contributed by atoms with Crippen molar-refractivity contribution >= 4 is 39.6 Å². The lowest BCUT2D eigenvalue weighted by Crippen LogP contribution is -2.64. The van der Waals surface area contributed by atoms with E-state index in [0.29, 0.717) is 25.9 Å². The van der Waals surface area contributed by atoms with Gasteiger partial charge in [0.2, 0.25) is 0 Å². The molecule has 0 saturated heterocycles. The van der Waals surface area contributed by atoms with E-state index in [9.17, 15) is 19.2 Å². The number of ketones is 1. The Hall–Kier alpha value is -1.44. The van der Waals surface area contributed by atoms with Gasteiger partial charge in [-0.15, -0.1) is 0 Å². The van der Waals surface area contributed by atoms with Crippen LogP contribution in [0.4, 0.5) is 0 Å². The van der Waals surface area contributed by atoms with Gasteiger partial charge in [0.15, 0.2) is 0 Å². The normalized spacial score (nSPS) is 42.8. The van der Waals surface area contributed by atoms with Gasteiger partial charge in [-0.25, -0.2) is 0 Å². The van der Waals surface area contributed by atoms with E-state index in [1.807, 2.05) is 6.92 Å². The highest BCUT2D eigenvalue weighted by atomic mass is 79.9. The molecule has 0 heterocycles. The average molecular weight is 598 g/mol. The first-order valence-corrected chi connectivity index (χ1v) is 15.4. The summed E-state index contributed by atoms with van der Waals surface area (Å²) in [7, 11) is 0. The minimum absolute atomic E-state index is 0.0670. The topological polar surface area (TPSA) is 96.0 Å². The molecule has 38 heavy (non-hydrogen) atoms. The summed E-state index contributed by atoms with van der Waals surface area (Å²) in [6.45, 7) is 11.9. The fourth-order valence-electron chi connectivity index (χ4n) is 9.31. The van der Waals surface area contributed by atoms with E-state index >= 15 is 0 Å². The van der Waals surface area contributed by atoms with Gasteiger partial charge in [0.1, 0.15) is 18.0 Å². The Morgan fingerprint density at radius 3 is 2.32 bits per heavy atom. The van der Waals surface area contributed by atoms with Gasteiger partial charge in [0.05, 0.1) is 11.4 Å². The predicted molar refractivity (Wildman–Crippen MR) is 145 cm³/mol. The molecular weight excluding hydrogens is 552 g/mol. The van der Waals surface area contributed by atoms with Crippen LogP contribution in [0.5, 0.6) is 0 Å². The predicted octanol–water partition coefficient (Wildman–Crippen LogP) is 5.65. The molecule has 8 heteroatoms. The maximum Gasteiger partial charge on any atom is 0.305 e. The van der Waals surface area contributed by atoms with E-state index in [0.717, 1.165) is 32.1 Å². The number of esters is 3. The lowest BCUT2D eigenvalue weighted by molar-refractivity contribution is -0.196. The fourth-order valence-corrected chi connectivity index (χ4v) is 10.4. The van der Waals surface area contributed by atoms with Crippen molar-refractivity contribution in [3.8, 4) is 0 Å². The Balaban J connectivity index is 1.64. The number of hydrogen-bond acceptors (Lipinski definition) is 7. The summed E-state index contributed by atoms with van der Waals surface area (Å²) in [4.78, 5) is 50.0. The van der Waals surface area contributed by atoms with Crippen LogP contribution < -0.4 is 0 Å². The third kappa shape index (κ3) is 5.08. The number of ether oxygens (including phenoxy) is 3. The molecule has 0 N–H and O–H groups in total. The van der Waals surface area contributed by atoms with Crippen molar-refractivity contribution in [1.82, 2.24) is 0 Å². The smallest absolute Gasteiger partial charge is 0.305 e. The molecule has 0 aliphatic heterocycles. The summed E-state index contributed by atoms with van der Waals surface area (Å²) in [5, 5.41) is 0. The molecule has 4 aliphatic carbocycles. The van der Waals surface area contributed by atoms with Gasteiger partial charge in [0, 0.05) is 31.6 Å². The van der Waals surface area contributed by atoms with E-state index < -0.39 is 0 Å². The van der Waals surface area contributed by atoms with Gasteiger partial charge in [-0.1, -0.05) is 36.7 Å². The third-order valence-corrected chi connectivity index (χ3v) is 12.1. The summed E-state index contributed by atoms with van der Waals surface area (Å²) in [6.07, 6.45) is 5.56. The minimum atomic E-state index is -0.332. The molecule has 4 aliphatic rings. The second-order valence-corrected chi connectivity index (χ2v) is 13.9. The van der Waals surface area contributed by atoms with Crippen molar-refractivity contribution in [1.29, 1.82) is 0 Å². The zero-order valence-corrected chi connectivity index (χ0v) is 25.4. The largest absolute Gasteiger partial charge is 0.466 e. The van der Waals surface area contributed by atoms with Crippen LogP contribution in [0.1, 0.15) is 92.9 Å². The van der Waals surface area contributed by atoms with Crippen LogP contribution in [-0.4, -0.2) is 47.3 Å². The first kappa shape index (κ1) is 29.5. The molecular formula is C30H45BrO7. The molecule has 4 rings (SSSR count). The van der Waals surface area contributed by atoms with Crippen LogP contribution in [0.25, 0.3) is 0 Å². The molecule has 214 valence electrons. The van der Waals surface area contributed by atoms with Gasteiger partial charge in [-0.05, 0) is 86.9 Å². The molecule has 0 radical (unpaired) electrons. The second kappa shape index (κ2) is 11.2. The number of carbonyl (C=O) groups is 4. The van der Waals surface area contributed by atoms with Crippen LogP contribution in [0, 0.1) is 46.3 Å². The highest BCUT2D eigenvalue weighted by Gasteiger charge is 2.68. The van der Waals surface area contributed by atoms with E-state index in [-0.39, 0.29) is 87.1 Å². The summed E-state index contributed by atoms with van der Waals surface area (Å²) in [5.74, 6) is 0.235. The maximum atomic E-state index is 14.1. The Bertz CT molecular complexity index is 951. The van der Waals surface area contributed by atoms with Crippen molar-refractivity contribution in [2.75, 3.05) is 6.61 Å². The number of fused-ring (bicyclic) bond motifs is 5. The standard InChI is InChI=1S/C30H45BrO7/c1-7-36-25(34)11-8-16(2)20-9-10-21-26-22(15-24(30(20,21)6)38-18(4)33)29(5)13-12-19(37-17(3)32)14-23(29)27(31)28(26)35/h16,19-24,26-27H,7-15H2,1-6H3/t16-,19+,20+,21+,22-,23-,24-,26-,27+,29+,30+/m0/s1. The van der Waals surface area contributed by atoms with Crippen molar-refractivity contribution < 1.29 is 33.4 Å². The summed E-state index contributed by atoms with van der Waals surface area (Å²) < 4.78 is 16.9. The molecule has 11 atom stereocenters. The number of alkyl halides is 1. The molecule has 0 aromatic carbocycles. The van der Waals surface area contributed by atoms with Crippen LogP contribution in [0.2, 0.25) is 0 Å².